The van der Waals surface area contributed by atoms with Crippen LogP contribution in [0.3, 0.4) is 0 Å². The van der Waals surface area contributed by atoms with Crippen molar-refractivity contribution >= 4 is 30.0 Å². The van der Waals surface area contributed by atoms with Gasteiger partial charge < -0.3 is 25.4 Å². The van der Waals surface area contributed by atoms with Gasteiger partial charge in [0.05, 0.1) is 0 Å². The van der Waals surface area contributed by atoms with Crippen molar-refractivity contribution in [2.75, 3.05) is 13.2 Å². The van der Waals surface area contributed by atoms with Gasteiger partial charge in [-0.05, 0) is 48.4 Å². The fourth-order valence-electron chi connectivity index (χ4n) is 1.97. The highest BCUT2D eigenvalue weighted by atomic mass is 35.5. The molecule has 0 unspecified atom stereocenters. The largest absolute Gasteiger partial charge is 0.504 e. The Bertz CT molecular complexity index is 694. The minimum absolute atomic E-state index is 0. The molecule has 25 heavy (non-hydrogen) atoms. The van der Waals surface area contributed by atoms with Crippen LogP contribution in [0, 0.1) is 0 Å². The predicted molar refractivity (Wildman–Crippen MR) is 96.6 cm³/mol. The van der Waals surface area contributed by atoms with Crippen LogP contribution < -0.4 is 10.5 Å². The summed E-state index contributed by atoms with van der Waals surface area (Å²) in [4.78, 5) is 11.8. The molecule has 2 aromatic rings. The fourth-order valence-corrected chi connectivity index (χ4v) is 2.10. The molecular formula is C17H19Cl2NO5. The van der Waals surface area contributed by atoms with Crippen molar-refractivity contribution in [3.8, 4) is 17.2 Å². The van der Waals surface area contributed by atoms with Crippen molar-refractivity contribution in [1.82, 2.24) is 0 Å². The number of halogens is 2. The van der Waals surface area contributed by atoms with Crippen LogP contribution in [0.4, 0.5) is 0 Å². The van der Waals surface area contributed by atoms with E-state index in [2.05, 4.69) is 0 Å². The zero-order valence-corrected chi connectivity index (χ0v) is 14.8. The van der Waals surface area contributed by atoms with Gasteiger partial charge in [-0.1, -0.05) is 17.7 Å². The van der Waals surface area contributed by atoms with E-state index in [0.29, 0.717) is 16.3 Å². The summed E-state index contributed by atoms with van der Waals surface area (Å²) in [5, 5.41) is 19.3. The van der Waals surface area contributed by atoms with Crippen molar-refractivity contribution in [3.63, 3.8) is 0 Å². The first-order valence-corrected chi connectivity index (χ1v) is 7.65. The number of hydrogen-bond donors (Lipinski definition) is 3. The first-order chi connectivity index (χ1) is 11.5. The Morgan fingerprint density at radius 2 is 1.76 bits per heavy atom. The minimum Gasteiger partial charge on any atom is -0.504 e. The van der Waals surface area contributed by atoms with Crippen molar-refractivity contribution in [1.29, 1.82) is 0 Å². The molecule has 0 spiro atoms. The van der Waals surface area contributed by atoms with Gasteiger partial charge in [0.25, 0.3) is 0 Å². The summed E-state index contributed by atoms with van der Waals surface area (Å²) in [5.74, 6) is -0.430. The molecule has 0 saturated heterocycles. The van der Waals surface area contributed by atoms with Crippen LogP contribution in [0.5, 0.6) is 17.2 Å². The number of carbonyl (C=O) groups excluding carboxylic acids is 1. The van der Waals surface area contributed by atoms with E-state index in [1.165, 1.54) is 12.1 Å². The molecule has 136 valence electrons. The zero-order chi connectivity index (χ0) is 17.5. The first kappa shape index (κ1) is 20.9. The standard InChI is InChI=1S/C17H18ClNO5.ClH/c18-12-2-4-13(5-3-12)23-7-8-24-17(22)14(19)9-11-1-6-15(20)16(21)10-11;/h1-6,10,14,20-21H,7-9,19H2;1H/t14-;/m0./s1. The number of rotatable bonds is 7. The average molecular weight is 388 g/mol. The van der Waals surface area contributed by atoms with E-state index in [1.54, 1.807) is 30.3 Å². The van der Waals surface area contributed by atoms with Gasteiger partial charge in [0.1, 0.15) is 25.0 Å². The van der Waals surface area contributed by atoms with E-state index >= 15 is 0 Å². The molecule has 4 N–H and O–H groups in total. The van der Waals surface area contributed by atoms with Crippen LogP contribution in [0.1, 0.15) is 5.56 Å². The molecule has 0 saturated carbocycles. The third-order valence-corrected chi connectivity index (χ3v) is 3.46. The Labute approximate surface area is 156 Å². The maximum Gasteiger partial charge on any atom is 0.323 e. The van der Waals surface area contributed by atoms with Gasteiger partial charge in [-0.15, -0.1) is 12.4 Å². The first-order valence-electron chi connectivity index (χ1n) is 7.27. The number of carbonyl (C=O) groups is 1. The number of hydrogen-bond acceptors (Lipinski definition) is 6. The summed E-state index contributed by atoms with van der Waals surface area (Å²) < 4.78 is 10.4. The highest BCUT2D eigenvalue weighted by Crippen LogP contribution is 2.25. The summed E-state index contributed by atoms with van der Waals surface area (Å²) in [5.41, 5.74) is 6.39. The SMILES string of the molecule is Cl.N[C@@H](Cc1ccc(O)c(O)c1)C(=O)OCCOc1ccc(Cl)cc1. The molecule has 0 aliphatic rings. The third kappa shape index (κ3) is 6.70. The summed E-state index contributed by atoms with van der Waals surface area (Å²) >= 11 is 5.77. The van der Waals surface area contributed by atoms with Gasteiger partial charge in [-0.25, -0.2) is 0 Å². The van der Waals surface area contributed by atoms with E-state index in [0.717, 1.165) is 0 Å². The van der Waals surface area contributed by atoms with Crippen molar-refractivity contribution in [2.24, 2.45) is 5.73 Å². The van der Waals surface area contributed by atoms with Crippen LogP contribution in [0.15, 0.2) is 42.5 Å². The molecule has 1 atom stereocenters. The molecule has 0 aliphatic carbocycles. The van der Waals surface area contributed by atoms with Crippen LogP contribution in [0.25, 0.3) is 0 Å². The normalized spacial score (nSPS) is 11.3. The van der Waals surface area contributed by atoms with Gasteiger partial charge >= 0.3 is 5.97 Å². The highest BCUT2D eigenvalue weighted by molar-refractivity contribution is 6.30. The Morgan fingerprint density at radius 1 is 1.08 bits per heavy atom. The minimum atomic E-state index is -0.871. The molecule has 0 fully saturated rings. The lowest BCUT2D eigenvalue weighted by molar-refractivity contribution is -0.145. The molecule has 0 aliphatic heterocycles. The highest BCUT2D eigenvalue weighted by Gasteiger charge is 2.16. The van der Waals surface area contributed by atoms with Crippen molar-refractivity contribution in [3.05, 3.63) is 53.1 Å². The van der Waals surface area contributed by atoms with Crippen LogP contribution in [0.2, 0.25) is 5.02 Å². The number of phenols is 2. The molecule has 0 radical (unpaired) electrons. The van der Waals surface area contributed by atoms with Gasteiger partial charge in [-0.2, -0.15) is 0 Å². The van der Waals surface area contributed by atoms with E-state index in [4.69, 9.17) is 26.8 Å². The fraction of sp³-hybridized carbons (Fsp3) is 0.235. The van der Waals surface area contributed by atoms with Crippen LogP contribution >= 0.6 is 24.0 Å². The van der Waals surface area contributed by atoms with Gasteiger partial charge in [0.2, 0.25) is 0 Å². The maximum atomic E-state index is 11.8. The Morgan fingerprint density at radius 3 is 2.40 bits per heavy atom. The monoisotopic (exact) mass is 387 g/mol. The van der Waals surface area contributed by atoms with E-state index in [9.17, 15) is 15.0 Å². The number of nitrogens with two attached hydrogens (primary N) is 1. The second-order valence-electron chi connectivity index (χ2n) is 5.10. The summed E-state index contributed by atoms with van der Waals surface area (Å²) in [6.45, 7) is 0.260. The van der Waals surface area contributed by atoms with Crippen molar-refractivity contribution in [2.45, 2.75) is 12.5 Å². The quantitative estimate of drug-likeness (QED) is 0.383. The number of benzene rings is 2. The molecular weight excluding hydrogens is 369 g/mol. The number of phenolic OH excluding ortho intramolecular Hbond substituents is 2. The number of esters is 1. The topological polar surface area (TPSA) is 102 Å². The van der Waals surface area contributed by atoms with Gasteiger partial charge in [0.15, 0.2) is 11.5 Å². The van der Waals surface area contributed by atoms with Gasteiger partial charge in [-0.3, -0.25) is 4.79 Å². The Balaban J connectivity index is 0.00000312. The summed E-state index contributed by atoms with van der Waals surface area (Å²) in [6, 6.07) is 10.2. The Hall–Kier alpha value is -2.15. The lowest BCUT2D eigenvalue weighted by Gasteiger charge is -2.12. The van der Waals surface area contributed by atoms with Crippen molar-refractivity contribution < 1.29 is 24.5 Å². The molecule has 0 aromatic heterocycles. The molecule has 2 rings (SSSR count). The predicted octanol–water partition coefficient (Wildman–Crippen LogP) is 2.67. The maximum absolute atomic E-state index is 11.8. The van der Waals surface area contributed by atoms with E-state index in [-0.39, 0.29) is 43.5 Å². The second kappa shape index (κ2) is 9.98. The summed E-state index contributed by atoms with van der Waals surface area (Å²) in [6.07, 6.45) is 0.185. The molecule has 6 nitrogen and oxygen atoms in total. The lowest BCUT2D eigenvalue weighted by atomic mass is 10.1. The molecule has 8 heteroatoms. The van der Waals surface area contributed by atoms with Gasteiger partial charge in [0, 0.05) is 5.02 Å². The number of aromatic hydroxyl groups is 2. The van der Waals surface area contributed by atoms with Crippen LogP contribution in [-0.2, 0) is 16.0 Å². The molecule has 0 bridgehead atoms. The zero-order valence-electron chi connectivity index (χ0n) is 13.2. The smallest absolute Gasteiger partial charge is 0.323 e. The summed E-state index contributed by atoms with van der Waals surface area (Å²) in [7, 11) is 0. The molecule has 0 amide bonds. The lowest BCUT2D eigenvalue weighted by Crippen LogP contribution is -2.35. The van der Waals surface area contributed by atoms with E-state index in [1.807, 2.05) is 0 Å². The Kier molecular flexibility index (Phi) is 8.34. The third-order valence-electron chi connectivity index (χ3n) is 3.21. The molecule has 2 aromatic carbocycles. The van der Waals surface area contributed by atoms with E-state index < -0.39 is 12.0 Å². The average Bonchev–Trinajstić information content (AvgIpc) is 2.56. The molecule has 0 heterocycles. The number of ether oxygens (including phenoxy) is 2. The van der Waals surface area contributed by atoms with Crippen LogP contribution in [-0.4, -0.2) is 35.4 Å². The second-order valence-corrected chi connectivity index (χ2v) is 5.54.